The average molecular weight is 362 g/mol. The summed E-state index contributed by atoms with van der Waals surface area (Å²) in [7, 11) is 0. The van der Waals surface area contributed by atoms with Gasteiger partial charge < -0.3 is 9.47 Å². The van der Waals surface area contributed by atoms with Crippen LogP contribution in [0.4, 0.5) is 5.82 Å². The average Bonchev–Trinajstić information content (AvgIpc) is 3.14. The van der Waals surface area contributed by atoms with Gasteiger partial charge in [0, 0.05) is 55.1 Å². The first-order chi connectivity index (χ1) is 13.1. The van der Waals surface area contributed by atoms with Crippen molar-refractivity contribution in [1.29, 1.82) is 0 Å². The maximum absolute atomic E-state index is 4.74. The zero-order valence-corrected chi connectivity index (χ0v) is 16.3. The fraction of sp³-hybridized carbons (Fsp3) is 0.429. The molecule has 0 bridgehead atoms. The maximum atomic E-state index is 4.74. The summed E-state index contributed by atoms with van der Waals surface area (Å²) in [6.45, 7) is 8.95. The second-order valence-electron chi connectivity index (χ2n) is 7.36. The quantitative estimate of drug-likeness (QED) is 0.712. The van der Waals surface area contributed by atoms with Crippen LogP contribution in [0.15, 0.2) is 36.9 Å². The Kier molecular flexibility index (Phi) is 4.88. The molecule has 3 aromatic heterocycles. The molecule has 1 unspecified atom stereocenters. The number of pyridine rings is 1. The van der Waals surface area contributed by atoms with Gasteiger partial charge in [0.1, 0.15) is 17.5 Å². The third-order valence-electron chi connectivity index (χ3n) is 5.38. The van der Waals surface area contributed by atoms with E-state index in [1.54, 1.807) is 0 Å². The van der Waals surface area contributed by atoms with Crippen LogP contribution in [-0.4, -0.2) is 37.6 Å². The minimum absolute atomic E-state index is 0.403. The number of nitrogens with zero attached hydrogens (tertiary/aromatic N) is 6. The Balaban J connectivity index is 1.57. The molecule has 0 aliphatic carbocycles. The first-order valence-electron chi connectivity index (χ1n) is 9.58. The molecule has 6 heteroatoms. The number of anilines is 1. The molecule has 3 aromatic rings. The van der Waals surface area contributed by atoms with E-state index in [4.69, 9.17) is 9.97 Å². The highest BCUT2D eigenvalue weighted by Gasteiger charge is 2.27. The van der Waals surface area contributed by atoms with Crippen molar-refractivity contribution in [2.45, 2.75) is 46.1 Å². The van der Waals surface area contributed by atoms with Crippen LogP contribution in [0.3, 0.4) is 0 Å². The number of hydrogen-bond donors (Lipinski definition) is 0. The lowest BCUT2D eigenvalue weighted by molar-refractivity contribution is 0.473. The Morgan fingerprint density at radius 3 is 2.85 bits per heavy atom. The van der Waals surface area contributed by atoms with Gasteiger partial charge in [0.15, 0.2) is 0 Å². The molecule has 4 heterocycles. The fourth-order valence-corrected chi connectivity index (χ4v) is 3.94. The molecule has 140 valence electrons. The molecule has 0 saturated carbocycles. The second kappa shape index (κ2) is 7.47. The standard InChI is InChI=1S/C21H26N6/c1-15-16(2)24-17(3)25-20(15)26-10-5-7-19(14-26)21-23-9-11-27(21)13-18-6-4-8-22-12-18/h4,6,8-9,11-12,19H,5,7,10,13-14H2,1-3H3. The van der Waals surface area contributed by atoms with Gasteiger partial charge in [-0.25, -0.2) is 15.0 Å². The van der Waals surface area contributed by atoms with Crippen molar-refractivity contribution in [3.05, 3.63) is 65.4 Å². The number of aromatic nitrogens is 5. The van der Waals surface area contributed by atoms with E-state index < -0.39 is 0 Å². The van der Waals surface area contributed by atoms with Crippen LogP contribution in [0.25, 0.3) is 0 Å². The van der Waals surface area contributed by atoms with Crippen molar-refractivity contribution in [2.75, 3.05) is 18.0 Å². The van der Waals surface area contributed by atoms with Crippen LogP contribution in [0, 0.1) is 20.8 Å². The molecule has 1 aliphatic rings. The van der Waals surface area contributed by atoms with E-state index >= 15 is 0 Å². The number of imidazole rings is 1. The SMILES string of the molecule is Cc1nc(C)c(C)c(N2CCCC(c3nccn3Cc3cccnc3)C2)n1. The third kappa shape index (κ3) is 3.70. The van der Waals surface area contributed by atoms with Gasteiger partial charge >= 0.3 is 0 Å². The minimum Gasteiger partial charge on any atom is -0.356 e. The molecule has 0 N–H and O–H groups in total. The highest BCUT2D eigenvalue weighted by atomic mass is 15.2. The number of rotatable bonds is 4. The molecule has 0 radical (unpaired) electrons. The molecule has 0 spiro atoms. The lowest BCUT2D eigenvalue weighted by Gasteiger charge is -2.34. The highest BCUT2D eigenvalue weighted by molar-refractivity contribution is 5.49. The van der Waals surface area contributed by atoms with E-state index in [-0.39, 0.29) is 0 Å². The Hall–Kier alpha value is -2.76. The smallest absolute Gasteiger partial charge is 0.135 e. The summed E-state index contributed by atoms with van der Waals surface area (Å²) in [5, 5.41) is 0. The normalized spacial score (nSPS) is 17.3. The van der Waals surface area contributed by atoms with Gasteiger partial charge in [-0.1, -0.05) is 6.07 Å². The summed E-state index contributed by atoms with van der Waals surface area (Å²) in [4.78, 5) is 20.6. The van der Waals surface area contributed by atoms with E-state index in [2.05, 4.69) is 45.5 Å². The molecular formula is C21H26N6. The van der Waals surface area contributed by atoms with Crippen molar-refractivity contribution in [1.82, 2.24) is 24.5 Å². The molecule has 1 atom stereocenters. The molecule has 27 heavy (non-hydrogen) atoms. The lowest BCUT2D eigenvalue weighted by atomic mass is 9.96. The van der Waals surface area contributed by atoms with Crippen LogP contribution in [-0.2, 0) is 6.54 Å². The third-order valence-corrected chi connectivity index (χ3v) is 5.38. The highest BCUT2D eigenvalue weighted by Crippen LogP contribution is 2.30. The molecule has 0 amide bonds. The van der Waals surface area contributed by atoms with Crippen LogP contribution < -0.4 is 4.90 Å². The van der Waals surface area contributed by atoms with Gasteiger partial charge in [-0.05, 0) is 45.2 Å². The summed E-state index contributed by atoms with van der Waals surface area (Å²) in [5.41, 5.74) is 3.44. The van der Waals surface area contributed by atoms with E-state index in [1.165, 1.54) is 11.1 Å². The number of hydrogen-bond acceptors (Lipinski definition) is 5. The topological polar surface area (TPSA) is 59.7 Å². The van der Waals surface area contributed by atoms with Crippen molar-refractivity contribution in [3.8, 4) is 0 Å². The predicted molar refractivity (Wildman–Crippen MR) is 106 cm³/mol. The summed E-state index contributed by atoms with van der Waals surface area (Å²) < 4.78 is 2.26. The second-order valence-corrected chi connectivity index (χ2v) is 7.36. The summed E-state index contributed by atoms with van der Waals surface area (Å²) in [6, 6.07) is 4.09. The summed E-state index contributed by atoms with van der Waals surface area (Å²) in [6.07, 6.45) is 10.0. The molecular weight excluding hydrogens is 336 g/mol. The number of aryl methyl sites for hydroxylation is 2. The Bertz CT molecular complexity index is 918. The van der Waals surface area contributed by atoms with Crippen LogP contribution in [0.2, 0.25) is 0 Å². The van der Waals surface area contributed by atoms with Gasteiger partial charge in [-0.15, -0.1) is 0 Å². The van der Waals surface area contributed by atoms with E-state index in [9.17, 15) is 0 Å². The first kappa shape index (κ1) is 17.6. The molecule has 1 fully saturated rings. The molecule has 4 rings (SSSR count). The van der Waals surface area contributed by atoms with Crippen LogP contribution in [0.5, 0.6) is 0 Å². The van der Waals surface area contributed by atoms with Crippen molar-refractivity contribution in [2.24, 2.45) is 0 Å². The fourth-order valence-electron chi connectivity index (χ4n) is 3.94. The zero-order chi connectivity index (χ0) is 18.8. The summed E-state index contributed by atoms with van der Waals surface area (Å²) >= 11 is 0. The van der Waals surface area contributed by atoms with E-state index in [0.717, 1.165) is 55.6 Å². The predicted octanol–water partition coefficient (Wildman–Crippen LogP) is 3.43. The van der Waals surface area contributed by atoms with E-state index in [1.807, 2.05) is 31.6 Å². The lowest BCUT2D eigenvalue weighted by Crippen LogP contribution is -2.36. The van der Waals surface area contributed by atoms with Gasteiger partial charge in [-0.3, -0.25) is 4.98 Å². The largest absolute Gasteiger partial charge is 0.356 e. The Labute approximate surface area is 160 Å². The minimum atomic E-state index is 0.403. The van der Waals surface area contributed by atoms with Crippen molar-refractivity contribution < 1.29 is 0 Å². The first-order valence-corrected chi connectivity index (χ1v) is 9.58. The van der Waals surface area contributed by atoms with Crippen LogP contribution >= 0.6 is 0 Å². The zero-order valence-electron chi connectivity index (χ0n) is 16.3. The van der Waals surface area contributed by atoms with Gasteiger partial charge in [0.25, 0.3) is 0 Å². The Morgan fingerprint density at radius 1 is 1.15 bits per heavy atom. The van der Waals surface area contributed by atoms with E-state index in [0.29, 0.717) is 5.92 Å². The van der Waals surface area contributed by atoms with Crippen LogP contribution in [0.1, 0.15) is 47.2 Å². The molecule has 1 saturated heterocycles. The molecule has 0 aromatic carbocycles. The molecule has 1 aliphatic heterocycles. The number of piperidine rings is 1. The van der Waals surface area contributed by atoms with Gasteiger partial charge in [0.2, 0.25) is 0 Å². The van der Waals surface area contributed by atoms with Crippen molar-refractivity contribution >= 4 is 5.82 Å². The maximum Gasteiger partial charge on any atom is 0.135 e. The molecule has 6 nitrogen and oxygen atoms in total. The van der Waals surface area contributed by atoms with Gasteiger partial charge in [-0.2, -0.15) is 0 Å². The van der Waals surface area contributed by atoms with Gasteiger partial charge in [0.05, 0.1) is 6.54 Å². The monoisotopic (exact) mass is 362 g/mol. The van der Waals surface area contributed by atoms with Crippen molar-refractivity contribution in [3.63, 3.8) is 0 Å². The Morgan fingerprint density at radius 2 is 2.04 bits per heavy atom. The summed E-state index contributed by atoms with van der Waals surface area (Å²) in [5.74, 6) is 3.48.